The van der Waals surface area contributed by atoms with Gasteiger partial charge in [0.1, 0.15) is 5.75 Å². The molecular formula is C15H24N2O2. The van der Waals surface area contributed by atoms with Crippen molar-refractivity contribution in [3.8, 4) is 5.75 Å². The molecule has 1 amide bonds. The van der Waals surface area contributed by atoms with Crippen LogP contribution in [0, 0.1) is 19.8 Å². The molecule has 0 aliphatic rings. The zero-order valence-electron chi connectivity index (χ0n) is 12.2. The maximum absolute atomic E-state index is 11.9. The van der Waals surface area contributed by atoms with Gasteiger partial charge in [-0.2, -0.15) is 0 Å². The van der Waals surface area contributed by atoms with E-state index >= 15 is 0 Å². The Morgan fingerprint density at radius 2 is 2.05 bits per heavy atom. The van der Waals surface area contributed by atoms with Crippen LogP contribution in [0.4, 0.5) is 0 Å². The number of rotatable bonds is 6. The molecule has 0 saturated carbocycles. The fourth-order valence-electron chi connectivity index (χ4n) is 1.87. The summed E-state index contributed by atoms with van der Waals surface area (Å²) in [6.45, 7) is 7.21. The number of ether oxygens (including phenoxy) is 1. The minimum absolute atomic E-state index is 0.0352. The summed E-state index contributed by atoms with van der Waals surface area (Å²) in [7, 11) is 1.66. The molecule has 0 bridgehead atoms. The largest absolute Gasteiger partial charge is 0.496 e. The highest BCUT2D eigenvalue weighted by Gasteiger charge is 2.10. The monoisotopic (exact) mass is 264 g/mol. The molecule has 0 aliphatic carbocycles. The van der Waals surface area contributed by atoms with Crippen LogP contribution in [-0.2, 0) is 11.2 Å². The Kier molecular flexibility index (Phi) is 5.83. The van der Waals surface area contributed by atoms with Crippen LogP contribution in [0.15, 0.2) is 12.1 Å². The Bertz CT molecular complexity index is 444. The first-order valence-electron chi connectivity index (χ1n) is 6.58. The van der Waals surface area contributed by atoms with Gasteiger partial charge in [0.15, 0.2) is 0 Å². The van der Waals surface area contributed by atoms with E-state index in [0.29, 0.717) is 25.4 Å². The minimum atomic E-state index is 0.0352. The molecule has 3 N–H and O–H groups in total. The van der Waals surface area contributed by atoms with Crippen LogP contribution in [0.5, 0.6) is 5.75 Å². The first-order chi connectivity index (χ1) is 8.97. The van der Waals surface area contributed by atoms with Crippen molar-refractivity contribution in [2.24, 2.45) is 11.7 Å². The zero-order valence-corrected chi connectivity index (χ0v) is 12.2. The Labute approximate surface area is 115 Å². The van der Waals surface area contributed by atoms with Crippen LogP contribution < -0.4 is 15.8 Å². The van der Waals surface area contributed by atoms with E-state index in [1.54, 1.807) is 7.11 Å². The van der Waals surface area contributed by atoms with Gasteiger partial charge in [-0.25, -0.2) is 0 Å². The lowest BCUT2D eigenvalue weighted by atomic mass is 10.0. The molecule has 0 aliphatic heterocycles. The van der Waals surface area contributed by atoms with Gasteiger partial charge in [0.05, 0.1) is 13.5 Å². The van der Waals surface area contributed by atoms with E-state index in [2.05, 4.69) is 5.32 Å². The Morgan fingerprint density at radius 1 is 1.37 bits per heavy atom. The summed E-state index contributed by atoms with van der Waals surface area (Å²) in [6, 6.07) is 3.99. The predicted molar refractivity (Wildman–Crippen MR) is 77.4 cm³/mol. The van der Waals surface area contributed by atoms with Crippen LogP contribution in [0.3, 0.4) is 0 Å². The van der Waals surface area contributed by atoms with E-state index in [-0.39, 0.29) is 5.91 Å². The van der Waals surface area contributed by atoms with E-state index in [9.17, 15) is 4.79 Å². The second kappa shape index (κ2) is 7.14. The SMILES string of the molecule is COc1cc(C)c(CC(=O)NCC(C)CN)cc1C. The summed E-state index contributed by atoms with van der Waals surface area (Å²) in [5.74, 6) is 1.20. The van der Waals surface area contributed by atoms with Crippen molar-refractivity contribution in [2.45, 2.75) is 27.2 Å². The van der Waals surface area contributed by atoms with Gasteiger partial charge < -0.3 is 15.8 Å². The van der Waals surface area contributed by atoms with E-state index in [0.717, 1.165) is 22.4 Å². The molecule has 106 valence electrons. The predicted octanol–water partition coefficient (Wildman–Crippen LogP) is 1.57. The molecule has 0 radical (unpaired) electrons. The molecule has 1 aromatic rings. The van der Waals surface area contributed by atoms with Gasteiger partial charge in [0, 0.05) is 6.54 Å². The molecule has 4 nitrogen and oxygen atoms in total. The van der Waals surface area contributed by atoms with Gasteiger partial charge in [0.2, 0.25) is 5.91 Å². The van der Waals surface area contributed by atoms with Gasteiger partial charge in [0.25, 0.3) is 0 Å². The van der Waals surface area contributed by atoms with Crippen LogP contribution in [0.1, 0.15) is 23.6 Å². The van der Waals surface area contributed by atoms with Crippen molar-refractivity contribution in [1.82, 2.24) is 5.32 Å². The van der Waals surface area contributed by atoms with Crippen molar-refractivity contribution in [1.29, 1.82) is 0 Å². The van der Waals surface area contributed by atoms with Crippen LogP contribution in [0.25, 0.3) is 0 Å². The number of carbonyl (C=O) groups excluding carboxylic acids is 1. The first-order valence-corrected chi connectivity index (χ1v) is 6.58. The number of amides is 1. The number of nitrogens with two attached hydrogens (primary N) is 1. The second-order valence-corrected chi connectivity index (χ2v) is 5.07. The van der Waals surface area contributed by atoms with Gasteiger partial charge in [-0.3, -0.25) is 4.79 Å². The first kappa shape index (κ1) is 15.5. The van der Waals surface area contributed by atoms with Crippen molar-refractivity contribution in [2.75, 3.05) is 20.2 Å². The van der Waals surface area contributed by atoms with E-state index in [1.165, 1.54) is 0 Å². The Balaban J connectivity index is 2.67. The summed E-state index contributed by atoms with van der Waals surface area (Å²) in [6.07, 6.45) is 0.397. The Hall–Kier alpha value is -1.55. The van der Waals surface area contributed by atoms with Crippen LogP contribution in [-0.4, -0.2) is 26.1 Å². The van der Waals surface area contributed by atoms with Crippen LogP contribution in [0.2, 0.25) is 0 Å². The quantitative estimate of drug-likeness (QED) is 0.819. The van der Waals surface area contributed by atoms with Gasteiger partial charge in [-0.05, 0) is 49.1 Å². The minimum Gasteiger partial charge on any atom is -0.496 e. The van der Waals surface area contributed by atoms with Gasteiger partial charge >= 0.3 is 0 Å². The molecule has 19 heavy (non-hydrogen) atoms. The highest BCUT2D eigenvalue weighted by Crippen LogP contribution is 2.22. The maximum Gasteiger partial charge on any atom is 0.224 e. The number of aryl methyl sites for hydroxylation is 2. The lowest BCUT2D eigenvalue weighted by Crippen LogP contribution is -2.32. The summed E-state index contributed by atoms with van der Waals surface area (Å²) < 4.78 is 5.26. The van der Waals surface area contributed by atoms with E-state index < -0.39 is 0 Å². The van der Waals surface area contributed by atoms with Crippen molar-refractivity contribution in [3.63, 3.8) is 0 Å². The molecule has 1 rings (SSSR count). The standard InChI is InChI=1S/C15H24N2O2/c1-10(8-16)9-17-15(18)7-13-5-12(3)14(19-4)6-11(13)2/h5-6,10H,7-9,16H2,1-4H3,(H,17,18). The average molecular weight is 264 g/mol. The number of benzene rings is 1. The lowest BCUT2D eigenvalue weighted by Gasteiger charge is -2.13. The number of hydrogen-bond donors (Lipinski definition) is 2. The topological polar surface area (TPSA) is 64.3 Å². The zero-order chi connectivity index (χ0) is 14.4. The molecule has 1 atom stereocenters. The number of carbonyl (C=O) groups is 1. The summed E-state index contributed by atoms with van der Waals surface area (Å²) in [4.78, 5) is 11.9. The summed E-state index contributed by atoms with van der Waals surface area (Å²) >= 11 is 0. The fraction of sp³-hybridized carbons (Fsp3) is 0.533. The smallest absolute Gasteiger partial charge is 0.224 e. The summed E-state index contributed by atoms with van der Waals surface area (Å²) in [5.41, 5.74) is 8.68. The maximum atomic E-state index is 11.9. The molecule has 0 aromatic heterocycles. The van der Waals surface area contributed by atoms with Gasteiger partial charge in [-0.1, -0.05) is 13.0 Å². The molecule has 1 unspecified atom stereocenters. The molecule has 0 spiro atoms. The highest BCUT2D eigenvalue weighted by molar-refractivity contribution is 5.79. The normalized spacial score (nSPS) is 12.1. The van der Waals surface area contributed by atoms with Crippen LogP contribution >= 0.6 is 0 Å². The molecule has 1 aromatic carbocycles. The third kappa shape index (κ3) is 4.56. The fourth-order valence-corrected chi connectivity index (χ4v) is 1.87. The molecular weight excluding hydrogens is 240 g/mol. The third-order valence-corrected chi connectivity index (χ3v) is 3.25. The Morgan fingerprint density at radius 3 is 2.63 bits per heavy atom. The number of methoxy groups -OCH3 is 1. The molecule has 0 fully saturated rings. The highest BCUT2D eigenvalue weighted by atomic mass is 16.5. The molecule has 4 heteroatoms. The van der Waals surface area contributed by atoms with E-state index in [4.69, 9.17) is 10.5 Å². The second-order valence-electron chi connectivity index (χ2n) is 5.07. The van der Waals surface area contributed by atoms with E-state index in [1.807, 2.05) is 32.9 Å². The van der Waals surface area contributed by atoms with Crippen molar-refractivity contribution in [3.05, 3.63) is 28.8 Å². The number of hydrogen-bond acceptors (Lipinski definition) is 3. The van der Waals surface area contributed by atoms with Gasteiger partial charge in [-0.15, -0.1) is 0 Å². The average Bonchev–Trinajstić information content (AvgIpc) is 2.39. The molecule has 0 saturated heterocycles. The van der Waals surface area contributed by atoms with Crippen molar-refractivity contribution >= 4 is 5.91 Å². The van der Waals surface area contributed by atoms with Crippen molar-refractivity contribution < 1.29 is 9.53 Å². The number of nitrogens with one attached hydrogen (secondary N) is 1. The lowest BCUT2D eigenvalue weighted by molar-refractivity contribution is -0.120. The third-order valence-electron chi connectivity index (χ3n) is 3.25. The molecule has 0 heterocycles. The summed E-state index contributed by atoms with van der Waals surface area (Å²) in [5, 5.41) is 2.91.